The van der Waals surface area contributed by atoms with Crippen LogP contribution in [0.2, 0.25) is 0 Å². The number of furan rings is 1. The first-order valence-electron chi connectivity index (χ1n) is 8.23. The summed E-state index contributed by atoms with van der Waals surface area (Å²) in [6.45, 7) is 0. The molecule has 0 aliphatic carbocycles. The third-order valence-corrected chi connectivity index (χ3v) is 3.98. The zero-order chi connectivity index (χ0) is 20.3. The second kappa shape index (κ2) is 8.47. The molecule has 0 unspecified atom stereocenters. The fraction of sp³-hybridized carbons (Fsp3) is 0.167. The van der Waals surface area contributed by atoms with Gasteiger partial charge in [-0.2, -0.15) is 0 Å². The van der Waals surface area contributed by atoms with Crippen molar-refractivity contribution in [3.63, 3.8) is 0 Å². The molecule has 2 aromatic carbocycles. The molecule has 0 bridgehead atoms. The van der Waals surface area contributed by atoms with Gasteiger partial charge in [0.15, 0.2) is 17.5 Å². The summed E-state index contributed by atoms with van der Waals surface area (Å²) >= 11 is 0. The standard InChI is InChI=1S/C18H15BF3NO5/c20-13-5-10(6-14(21)18(13)22)7-16(24)23-17(28-19(25)26)8-11-9-27-15-4-2-1-3-12(11)15/h1-6,9,17,25-26H,7-8H2,(H,23,24)/t17-/m1/s1. The van der Waals surface area contributed by atoms with E-state index < -0.39 is 43.3 Å². The van der Waals surface area contributed by atoms with Crippen LogP contribution in [-0.2, 0) is 22.3 Å². The fourth-order valence-corrected chi connectivity index (χ4v) is 2.80. The first kappa shape index (κ1) is 19.9. The van der Waals surface area contributed by atoms with Gasteiger partial charge in [0.2, 0.25) is 5.91 Å². The molecule has 0 saturated heterocycles. The van der Waals surface area contributed by atoms with E-state index in [1.165, 1.54) is 6.26 Å². The van der Waals surface area contributed by atoms with Crippen LogP contribution in [-0.4, -0.2) is 29.5 Å². The Hall–Kier alpha value is -2.82. The average molecular weight is 393 g/mol. The van der Waals surface area contributed by atoms with Crippen LogP contribution >= 0.6 is 0 Å². The highest BCUT2D eigenvalue weighted by molar-refractivity contribution is 6.32. The highest BCUT2D eigenvalue weighted by Gasteiger charge is 2.23. The van der Waals surface area contributed by atoms with Crippen LogP contribution in [0.5, 0.6) is 0 Å². The number of para-hydroxylation sites is 1. The van der Waals surface area contributed by atoms with Gasteiger partial charge in [0.25, 0.3) is 0 Å². The number of carbonyl (C=O) groups excluding carboxylic acids is 1. The Labute approximate surface area is 157 Å². The van der Waals surface area contributed by atoms with E-state index in [-0.39, 0.29) is 12.0 Å². The van der Waals surface area contributed by atoms with Crippen LogP contribution in [0, 0.1) is 17.5 Å². The Balaban J connectivity index is 1.72. The molecule has 1 atom stereocenters. The van der Waals surface area contributed by atoms with E-state index in [1.54, 1.807) is 24.3 Å². The number of benzene rings is 2. The number of fused-ring (bicyclic) bond motifs is 1. The van der Waals surface area contributed by atoms with E-state index in [4.69, 9.17) is 19.1 Å². The van der Waals surface area contributed by atoms with Crippen molar-refractivity contribution in [3.05, 3.63) is 71.2 Å². The lowest BCUT2D eigenvalue weighted by Crippen LogP contribution is -2.43. The molecule has 10 heteroatoms. The Morgan fingerprint density at radius 2 is 1.86 bits per heavy atom. The minimum Gasteiger partial charge on any atom is -0.464 e. The summed E-state index contributed by atoms with van der Waals surface area (Å²) in [5.41, 5.74) is 1.15. The fourth-order valence-electron chi connectivity index (χ4n) is 2.80. The van der Waals surface area contributed by atoms with Crippen LogP contribution in [0.15, 0.2) is 47.1 Å². The van der Waals surface area contributed by atoms with Gasteiger partial charge >= 0.3 is 7.32 Å². The zero-order valence-electron chi connectivity index (χ0n) is 14.4. The highest BCUT2D eigenvalue weighted by atomic mass is 19.2. The Morgan fingerprint density at radius 3 is 2.54 bits per heavy atom. The van der Waals surface area contributed by atoms with E-state index in [0.717, 1.165) is 5.39 Å². The van der Waals surface area contributed by atoms with Crippen LogP contribution in [0.25, 0.3) is 11.0 Å². The number of nitrogens with one attached hydrogen (secondary N) is 1. The van der Waals surface area contributed by atoms with Crippen molar-refractivity contribution in [2.45, 2.75) is 19.1 Å². The monoisotopic (exact) mass is 393 g/mol. The largest absolute Gasteiger partial charge is 0.635 e. The number of hydrogen-bond donors (Lipinski definition) is 3. The van der Waals surface area contributed by atoms with Gasteiger partial charge in [-0.05, 0) is 23.8 Å². The first-order valence-corrected chi connectivity index (χ1v) is 8.23. The molecule has 0 aliphatic heterocycles. The lowest BCUT2D eigenvalue weighted by Gasteiger charge is -2.19. The van der Waals surface area contributed by atoms with Crippen molar-refractivity contribution in [2.75, 3.05) is 0 Å². The van der Waals surface area contributed by atoms with Crippen molar-refractivity contribution in [3.8, 4) is 0 Å². The van der Waals surface area contributed by atoms with Crippen molar-refractivity contribution >= 4 is 24.2 Å². The summed E-state index contributed by atoms with van der Waals surface area (Å²) < 4.78 is 49.8. The molecule has 1 aromatic heterocycles. The number of rotatable bonds is 7. The molecule has 3 N–H and O–H groups in total. The van der Waals surface area contributed by atoms with Gasteiger partial charge in [-0.25, -0.2) is 13.2 Å². The molecule has 28 heavy (non-hydrogen) atoms. The maximum absolute atomic E-state index is 13.3. The van der Waals surface area contributed by atoms with E-state index in [9.17, 15) is 18.0 Å². The van der Waals surface area contributed by atoms with Crippen LogP contribution in [0.1, 0.15) is 11.1 Å². The predicted molar refractivity (Wildman–Crippen MR) is 93.1 cm³/mol. The Bertz CT molecular complexity index is 971. The highest BCUT2D eigenvalue weighted by Crippen LogP contribution is 2.22. The summed E-state index contributed by atoms with van der Waals surface area (Å²) in [7, 11) is -2.16. The quantitative estimate of drug-likeness (QED) is 0.325. The number of amides is 1. The molecule has 0 radical (unpaired) electrons. The van der Waals surface area contributed by atoms with E-state index in [1.807, 2.05) is 0 Å². The molecule has 1 amide bonds. The molecule has 0 aliphatic rings. The van der Waals surface area contributed by atoms with Gasteiger partial charge in [-0.15, -0.1) is 0 Å². The minimum absolute atomic E-state index is 0.0342. The summed E-state index contributed by atoms with van der Waals surface area (Å²) in [6.07, 6.45) is -0.154. The zero-order valence-corrected chi connectivity index (χ0v) is 14.4. The third-order valence-electron chi connectivity index (χ3n) is 3.98. The van der Waals surface area contributed by atoms with Crippen molar-refractivity contribution in [2.24, 2.45) is 0 Å². The van der Waals surface area contributed by atoms with Crippen molar-refractivity contribution in [1.82, 2.24) is 5.32 Å². The maximum Gasteiger partial charge on any atom is 0.635 e. The molecule has 0 spiro atoms. The number of carbonyl (C=O) groups is 1. The van der Waals surface area contributed by atoms with Crippen LogP contribution in [0.3, 0.4) is 0 Å². The minimum atomic E-state index is -2.16. The van der Waals surface area contributed by atoms with Gasteiger partial charge in [-0.1, -0.05) is 18.2 Å². The van der Waals surface area contributed by atoms with Crippen LogP contribution in [0.4, 0.5) is 13.2 Å². The lowest BCUT2D eigenvalue weighted by atomic mass is 10.1. The Kier molecular flexibility index (Phi) is 6.03. The molecule has 1 heterocycles. The molecule has 3 rings (SSSR count). The summed E-state index contributed by atoms with van der Waals surface area (Å²) in [5, 5.41) is 21.3. The van der Waals surface area contributed by atoms with Gasteiger partial charge in [-0.3, -0.25) is 4.79 Å². The third kappa shape index (κ3) is 4.72. The lowest BCUT2D eigenvalue weighted by molar-refractivity contribution is -0.123. The smallest absolute Gasteiger partial charge is 0.464 e. The second-order valence-corrected chi connectivity index (χ2v) is 6.03. The number of halogens is 3. The maximum atomic E-state index is 13.3. The number of hydrogen-bond acceptors (Lipinski definition) is 5. The molecule has 6 nitrogen and oxygen atoms in total. The van der Waals surface area contributed by atoms with Gasteiger partial charge < -0.3 is 24.4 Å². The molecule has 0 saturated carbocycles. The molecule has 0 fully saturated rings. The molecular formula is C18H15BF3NO5. The van der Waals surface area contributed by atoms with E-state index >= 15 is 0 Å². The van der Waals surface area contributed by atoms with Crippen molar-refractivity contribution in [1.29, 1.82) is 0 Å². The van der Waals surface area contributed by atoms with E-state index in [0.29, 0.717) is 23.3 Å². The van der Waals surface area contributed by atoms with Gasteiger partial charge in [0.05, 0.1) is 12.7 Å². The molecular weight excluding hydrogens is 378 g/mol. The second-order valence-electron chi connectivity index (χ2n) is 6.03. The molecule has 3 aromatic rings. The Morgan fingerprint density at radius 1 is 1.18 bits per heavy atom. The molecule has 146 valence electrons. The predicted octanol–water partition coefficient (Wildman–Crippen LogP) is 2.06. The van der Waals surface area contributed by atoms with Gasteiger partial charge in [0.1, 0.15) is 11.8 Å². The summed E-state index contributed by atoms with van der Waals surface area (Å²) in [6, 6.07) is 8.51. The normalized spacial score (nSPS) is 12.2. The summed E-state index contributed by atoms with van der Waals surface area (Å²) in [4.78, 5) is 12.2. The first-order chi connectivity index (χ1) is 13.3. The summed E-state index contributed by atoms with van der Waals surface area (Å²) in [5.74, 6) is -5.16. The van der Waals surface area contributed by atoms with Crippen LogP contribution < -0.4 is 5.32 Å². The van der Waals surface area contributed by atoms with Gasteiger partial charge in [0, 0.05) is 17.4 Å². The van der Waals surface area contributed by atoms with Crippen molar-refractivity contribution < 1.29 is 37.1 Å². The average Bonchev–Trinajstić information content (AvgIpc) is 3.02. The van der Waals surface area contributed by atoms with E-state index in [2.05, 4.69) is 5.32 Å². The SMILES string of the molecule is O=C(Cc1cc(F)c(F)c(F)c1)N[C@@H](Cc1coc2ccccc12)OB(O)O. The topological polar surface area (TPSA) is 91.9 Å².